The first kappa shape index (κ1) is 13.5. The molecule has 1 aromatic heterocycles. The highest BCUT2D eigenvalue weighted by Crippen LogP contribution is 2.39. The Kier molecular flexibility index (Phi) is 2.60. The number of hydrogen-bond acceptors (Lipinski definition) is 1. The van der Waals surface area contributed by atoms with Crippen LogP contribution in [-0.2, 0) is 11.3 Å². The van der Waals surface area contributed by atoms with Gasteiger partial charge in [0.15, 0.2) is 0 Å². The molecule has 1 unspecified atom stereocenters. The number of benzene rings is 4. The fourth-order valence-corrected chi connectivity index (χ4v) is 4.20. The van der Waals surface area contributed by atoms with Gasteiger partial charge in [0.2, 0.25) is 0 Å². The molecule has 1 aliphatic heterocycles. The first-order valence-electron chi connectivity index (χ1n) is 8.83. The Morgan fingerprint density at radius 3 is 1.76 bits per heavy atom. The van der Waals surface area contributed by atoms with Crippen molar-refractivity contribution in [1.29, 1.82) is 0 Å². The maximum Gasteiger partial charge on any atom is 0.0988 e. The largest absolute Gasteiger partial charge is 0.371 e. The van der Waals surface area contributed by atoms with Crippen molar-refractivity contribution in [2.24, 2.45) is 0 Å². The van der Waals surface area contributed by atoms with E-state index in [1.807, 2.05) is 0 Å². The maximum atomic E-state index is 5.53. The fraction of sp³-hybridized carbons (Fsp3) is 0.130. The van der Waals surface area contributed by atoms with Crippen LogP contribution in [0.3, 0.4) is 0 Å². The Morgan fingerprint density at radius 2 is 1.24 bits per heavy atom. The minimum absolute atomic E-state index is 0.358. The van der Waals surface area contributed by atoms with Gasteiger partial charge >= 0.3 is 0 Å². The number of fused-ring (bicyclic) bond motifs is 7. The van der Waals surface area contributed by atoms with E-state index in [9.17, 15) is 0 Å². The van der Waals surface area contributed by atoms with E-state index in [1.54, 1.807) is 0 Å². The monoisotopic (exact) mass is 323 g/mol. The van der Waals surface area contributed by atoms with E-state index in [-0.39, 0.29) is 0 Å². The van der Waals surface area contributed by atoms with Gasteiger partial charge in [-0.05, 0) is 33.7 Å². The van der Waals surface area contributed by atoms with E-state index in [1.165, 1.54) is 43.4 Å². The van der Waals surface area contributed by atoms with Gasteiger partial charge in [-0.15, -0.1) is 0 Å². The van der Waals surface area contributed by atoms with E-state index in [4.69, 9.17) is 4.74 Å². The van der Waals surface area contributed by atoms with Crippen LogP contribution in [-0.4, -0.2) is 17.3 Å². The topological polar surface area (TPSA) is 17.5 Å². The highest BCUT2D eigenvalue weighted by molar-refractivity contribution is 6.27. The van der Waals surface area contributed by atoms with Crippen molar-refractivity contribution in [2.45, 2.75) is 12.6 Å². The standard InChI is InChI=1S/C23H17NO/c1-3-7-18-15(5-1)9-11-20-22(18)23-19-8-4-2-6-16(19)10-12-21(23)24(20)13-17-14-25-17/h1-12,17H,13-14H2. The van der Waals surface area contributed by atoms with Gasteiger partial charge in [0.25, 0.3) is 0 Å². The molecule has 2 heterocycles. The molecule has 0 bridgehead atoms. The molecule has 0 N–H and O–H groups in total. The number of nitrogens with zero attached hydrogens (tertiary/aromatic N) is 1. The van der Waals surface area contributed by atoms with Crippen LogP contribution in [0, 0.1) is 0 Å². The summed E-state index contributed by atoms with van der Waals surface area (Å²) in [5.41, 5.74) is 2.61. The third-order valence-corrected chi connectivity index (χ3v) is 5.43. The molecule has 0 amide bonds. The molecule has 2 heteroatoms. The SMILES string of the molecule is c1ccc2c(c1)ccc1c2c2c3ccccc3ccc2n1CC1CO1. The average Bonchev–Trinajstić information content (AvgIpc) is 3.43. The average molecular weight is 323 g/mol. The smallest absolute Gasteiger partial charge is 0.0988 e. The molecule has 0 radical (unpaired) electrons. The molecular weight excluding hydrogens is 306 g/mol. The Hall–Kier alpha value is -2.84. The summed E-state index contributed by atoms with van der Waals surface area (Å²) in [6.45, 7) is 1.80. The van der Waals surface area contributed by atoms with E-state index in [2.05, 4.69) is 77.4 Å². The molecule has 1 saturated heterocycles. The number of aromatic nitrogens is 1. The third-order valence-electron chi connectivity index (χ3n) is 5.43. The van der Waals surface area contributed by atoms with Crippen molar-refractivity contribution in [1.82, 2.24) is 4.57 Å². The van der Waals surface area contributed by atoms with E-state index < -0.39 is 0 Å². The summed E-state index contributed by atoms with van der Waals surface area (Å²) in [6, 6.07) is 26.4. The Morgan fingerprint density at radius 1 is 0.720 bits per heavy atom. The van der Waals surface area contributed by atoms with Crippen LogP contribution in [0.25, 0.3) is 43.4 Å². The molecule has 2 nitrogen and oxygen atoms in total. The van der Waals surface area contributed by atoms with Gasteiger partial charge in [-0.1, -0.05) is 60.7 Å². The van der Waals surface area contributed by atoms with Crippen LogP contribution >= 0.6 is 0 Å². The van der Waals surface area contributed by atoms with Gasteiger partial charge in [-0.25, -0.2) is 0 Å². The molecule has 25 heavy (non-hydrogen) atoms. The minimum atomic E-state index is 0.358. The Balaban J connectivity index is 1.90. The van der Waals surface area contributed by atoms with Crippen LogP contribution in [0.15, 0.2) is 72.8 Å². The quantitative estimate of drug-likeness (QED) is 0.392. The lowest BCUT2D eigenvalue weighted by Gasteiger charge is -2.06. The van der Waals surface area contributed by atoms with Crippen molar-refractivity contribution >= 4 is 43.4 Å². The van der Waals surface area contributed by atoms with Crippen molar-refractivity contribution in [3.05, 3.63) is 72.8 Å². The molecule has 5 aromatic rings. The summed E-state index contributed by atoms with van der Waals surface area (Å²) >= 11 is 0. The molecule has 0 saturated carbocycles. The summed E-state index contributed by atoms with van der Waals surface area (Å²) in [5.74, 6) is 0. The zero-order valence-electron chi connectivity index (χ0n) is 13.8. The predicted octanol–water partition coefficient (Wildman–Crippen LogP) is 5.50. The molecular formula is C23H17NO. The summed E-state index contributed by atoms with van der Waals surface area (Å²) in [5, 5.41) is 7.99. The lowest BCUT2D eigenvalue weighted by molar-refractivity contribution is 0.387. The highest BCUT2D eigenvalue weighted by Gasteiger charge is 2.25. The van der Waals surface area contributed by atoms with Crippen molar-refractivity contribution in [3.8, 4) is 0 Å². The molecule has 1 aliphatic rings. The lowest BCUT2D eigenvalue weighted by Crippen LogP contribution is -2.03. The normalized spacial score (nSPS) is 17.0. The minimum Gasteiger partial charge on any atom is -0.371 e. The van der Waals surface area contributed by atoms with Crippen molar-refractivity contribution in [2.75, 3.05) is 6.61 Å². The van der Waals surface area contributed by atoms with Crippen molar-refractivity contribution in [3.63, 3.8) is 0 Å². The van der Waals surface area contributed by atoms with E-state index in [0.29, 0.717) is 6.10 Å². The molecule has 0 spiro atoms. The van der Waals surface area contributed by atoms with Crippen LogP contribution in [0.1, 0.15) is 0 Å². The van der Waals surface area contributed by atoms with Gasteiger partial charge in [0, 0.05) is 21.8 Å². The number of ether oxygens (including phenoxy) is 1. The molecule has 4 aromatic carbocycles. The molecule has 120 valence electrons. The fourth-order valence-electron chi connectivity index (χ4n) is 4.20. The Labute approximate surface area is 145 Å². The van der Waals surface area contributed by atoms with Gasteiger partial charge in [0.05, 0.1) is 19.3 Å². The van der Waals surface area contributed by atoms with Gasteiger partial charge in [-0.2, -0.15) is 0 Å². The zero-order chi connectivity index (χ0) is 16.4. The molecule has 1 atom stereocenters. The first-order valence-corrected chi connectivity index (χ1v) is 8.83. The number of epoxide rings is 1. The summed E-state index contributed by atoms with van der Waals surface area (Å²) in [4.78, 5) is 0. The maximum absolute atomic E-state index is 5.53. The second-order valence-electron chi connectivity index (χ2n) is 6.93. The summed E-state index contributed by atoms with van der Waals surface area (Å²) in [7, 11) is 0. The molecule has 0 aliphatic carbocycles. The van der Waals surface area contributed by atoms with Crippen LogP contribution in [0.4, 0.5) is 0 Å². The summed E-state index contributed by atoms with van der Waals surface area (Å²) < 4.78 is 7.98. The number of hydrogen-bond donors (Lipinski definition) is 0. The summed E-state index contributed by atoms with van der Waals surface area (Å²) in [6.07, 6.45) is 0.358. The van der Waals surface area contributed by atoms with E-state index >= 15 is 0 Å². The zero-order valence-corrected chi connectivity index (χ0v) is 13.8. The molecule has 1 fully saturated rings. The third kappa shape index (κ3) is 1.89. The second-order valence-corrected chi connectivity index (χ2v) is 6.93. The van der Waals surface area contributed by atoms with Crippen LogP contribution in [0.5, 0.6) is 0 Å². The number of rotatable bonds is 2. The van der Waals surface area contributed by atoms with Crippen molar-refractivity contribution < 1.29 is 4.74 Å². The first-order chi connectivity index (χ1) is 12.4. The van der Waals surface area contributed by atoms with E-state index in [0.717, 1.165) is 13.2 Å². The lowest BCUT2D eigenvalue weighted by atomic mass is 10.00. The van der Waals surface area contributed by atoms with Gasteiger partial charge in [-0.3, -0.25) is 0 Å². The highest BCUT2D eigenvalue weighted by atomic mass is 16.6. The second kappa shape index (κ2) is 4.84. The Bertz CT molecular complexity index is 1180. The van der Waals surface area contributed by atoms with Gasteiger partial charge in [0.1, 0.15) is 0 Å². The van der Waals surface area contributed by atoms with Crippen LogP contribution < -0.4 is 0 Å². The van der Waals surface area contributed by atoms with Gasteiger partial charge < -0.3 is 9.30 Å². The van der Waals surface area contributed by atoms with Crippen LogP contribution in [0.2, 0.25) is 0 Å². The predicted molar refractivity (Wildman–Crippen MR) is 104 cm³/mol. The molecule has 6 rings (SSSR count).